The molecule has 7 rings (SSSR count). The van der Waals surface area contributed by atoms with Crippen molar-refractivity contribution in [2.24, 2.45) is 56.2 Å². The number of carbonyl (C=O) groups is 3. The lowest BCUT2D eigenvalue weighted by molar-refractivity contribution is -0.235. The molecule has 2 aromatic carbocycles. The highest BCUT2D eigenvalue weighted by Gasteiger charge is 2.71. The standard InChI is InChI=1S/C51H69Cl2NO6/c1-31(2)43-37(55)26-51(40(56)30-54(28-32-10-14-34(52)15-11-32)29-33-12-16-35(53)17-13-33)25-24-49(8)36(44(43)51)18-19-39-48(7)22-21-41(60-42(57)27-46(3,4)45(58)59)47(5,6)38(48)20-23-50(39,49)9/h10-17,31,36,38-41,56H,18-30H2,1-9H3,(H,58,59)/t36-,38+,39-,40?,41+,48+,49-,50-,51?/m1/s1. The average molecular weight is 863 g/mol. The van der Waals surface area contributed by atoms with Crippen LogP contribution >= 0.6 is 23.2 Å². The molecule has 9 heteroatoms. The molecule has 4 saturated carbocycles. The summed E-state index contributed by atoms with van der Waals surface area (Å²) in [4.78, 5) is 41.7. The second kappa shape index (κ2) is 16.1. The van der Waals surface area contributed by atoms with E-state index < -0.39 is 28.9 Å². The van der Waals surface area contributed by atoms with Gasteiger partial charge in [0.25, 0.3) is 0 Å². The number of hydrogen-bond donors (Lipinski definition) is 2. The summed E-state index contributed by atoms with van der Waals surface area (Å²) in [6.07, 6.45) is 6.85. The van der Waals surface area contributed by atoms with Crippen LogP contribution < -0.4 is 0 Å². The number of carboxylic acids is 1. The van der Waals surface area contributed by atoms with E-state index >= 15 is 0 Å². The first-order valence-corrected chi connectivity index (χ1v) is 23.3. The van der Waals surface area contributed by atoms with E-state index in [9.17, 15) is 24.6 Å². The number of Topliss-reactive ketones (excluding diaryl/α,β-unsaturated/α-hetero) is 1. The molecule has 0 saturated heterocycles. The van der Waals surface area contributed by atoms with E-state index in [1.54, 1.807) is 13.8 Å². The molecule has 7 nitrogen and oxygen atoms in total. The molecule has 2 aromatic rings. The first-order chi connectivity index (χ1) is 28.0. The summed E-state index contributed by atoms with van der Waals surface area (Å²) >= 11 is 12.6. The number of esters is 1. The van der Waals surface area contributed by atoms with Crippen LogP contribution in [0.4, 0.5) is 0 Å². The van der Waals surface area contributed by atoms with Crippen LogP contribution in [0.5, 0.6) is 0 Å². The Morgan fingerprint density at radius 3 is 1.95 bits per heavy atom. The number of rotatable bonds is 12. The summed E-state index contributed by atoms with van der Waals surface area (Å²) in [5, 5.41) is 23.9. The Labute approximate surface area is 369 Å². The molecule has 0 bridgehead atoms. The largest absolute Gasteiger partial charge is 0.481 e. The second-order valence-corrected chi connectivity index (χ2v) is 22.9. The van der Waals surface area contributed by atoms with E-state index in [1.165, 1.54) is 5.57 Å². The van der Waals surface area contributed by atoms with Gasteiger partial charge in [-0.1, -0.05) is 102 Å². The fourth-order valence-electron chi connectivity index (χ4n) is 14.2. The molecule has 0 heterocycles. The van der Waals surface area contributed by atoms with Crippen molar-refractivity contribution in [2.45, 2.75) is 152 Å². The number of allylic oxidation sites excluding steroid dienone is 1. The Morgan fingerprint density at radius 2 is 1.40 bits per heavy atom. The van der Waals surface area contributed by atoms with Gasteiger partial charge >= 0.3 is 11.9 Å². The molecule has 0 aliphatic heterocycles. The molecule has 5 aliphatic rings. The predicted octanol–water partition coefficient (Wildman–Crippen LogP) is 11.7. The summed E-state index contributed by atoms with van der Waals surface area (Å²) < 4.78 is 6.20. The number of ether oxygens (including phenoxy) is 1. The Kier molecular flexibility index (Phi) is 12.2. The molecule has 0 aromatic heterocycles. The number of halogens is 2. The van der Waals surface area contributed by atoms with Crippen LogP contribution in [0.25, 0.3) is 0 Å². The summed E-state index contributed by atoms with van der Waals surface area (Å²) in [6.45, 7) is 21.4. The van der Waals surface area contributed by atoms with Crippen molar-refractivity contribution in [3.63, 3.8) is 0 Å². The van der Waals surface area contributed by atoms with Crippen LogP contribution in [0.1, 0.15) is 138 Å². The van der Waals surface area contributed by atoms with Crippen molar-refractivity contribution >= 4 is 40.9 Å². The van der Waals surface area contributed by atoms with E-state index in [-0.39, 0.29) is 51.8 Å². The first kappa shape index (κ1) is 45.3. The van der Waals surface area contributed by atoms with Gasteiger partial charge in [0.05, 0.1) is 17.9 Å². The van der Waals surface area contributed by atoms with Crippen LogP contribution in [0.2, 0.25) is 10.0 Å². The molecule has 2 N–H and O–H groups in total. The molecular formula is C51H69Cl2NO6. The SMILES string of the molecule is CC(C)C1=C2[C@H]3CC[C@@H]4[C@@]5(C)CC[C@H](OC(=O)CC(C)(C)C(=O)O)C(C)(C)[C@@H]5CC[C@@]4(C)[C@]3(C)CCC2(C(O)CN(Cc2ccc(Cl)cc2)Cc2ccc(Cl)cc2)CC1=O. The third-order valence-corrected chi connectivity index (χ3v) is 18.1. The van der Waals surface area contributed by atoms with Gasteiger partial charge in [-0.05, 0) is 146 Å². The zero-order valence-corrected chi connectivity index (χ0v) is 39.0. The van der Waals surface area contributed by atoms with E-state index in [4.69, 9.17) is 27.9 Å². The van der Waals surface area contributed by atoms with Crippen LogP contribution in [0.15, 0.2) is 59.7 Å². The summed E-state index contributed by atoms with van der Waals surface area (Å²) in [5.41, 5.74) is 2.41. The van der Waals surface area contributed by atoms with Gasteiger partial charge in [0.1, 0.15) is 6.10 Å². The van der Waals surface area contributed by atoms with Gasteiger partial charge in [-0.3, -0.25) is 19.3 Å². The van der Waals surface area contributed by atoms with Gasteiger partial charge in [0, 0.05) is 46.9 Å². The lowest BCUT2D eigenvalue weighted by Crippen LogP contribution is -2.66. The molecule has 0 spiro atoms. The number of aliphatic hydroxyl groups excluding tert-OH is 1. The van der Waals surface area contributed by atoms with Gasteiger partial charge in [0.15, 0.2) is 5.78 Å². The Hall–Kier alpha value is -2.71. The van der Waals surface area contributed by atoms with Crippen LogP contribution in [-0.4, -0.2) is 51.6 Å². The Bertz CT molecular complexity index is 1960. The zero-order chi connectivity index (χ0) is 43.8. The topological polar surface area (TPSA) is 104 Å². The molecular weight excluding hydrogens is 793 g/mol. The van der Waals surface area contributed by atoms with E-state index in [0.717, 1.165) is 68.1 Å². The summed E-state index contributed by atoms with van der Waals surface area (Å²) in [7, 11) is 0. The lowest BCUT2D eigenvalue weighted by atomic mass is 9.33. The molecule has 0 amide bonds. The fourth-order valence-corrected chi connectivity index (χ4v) is 14.5. The summed E-state index contributed by atoms with van der Waals surface area (Å²) in [6, 6.07) is 15.9. The van der Waals surface area contributed by atoms with Crippen molar-refractivity contribution in [3.8, 4) is 0 Å². The molecule has 5 aliphatic carbocycles. The van der Waals surface area contributed by atoms with Crippen LogP contribution in [0.3, 0.4) is 0 Å². The number of nitrogens with zero attached hydrogens (tertiary/aromatic N) is 1. The van der Waals surface area contributed by atoms with Crippen molar-refractivity contribution in [2.75, 3.05) is 6.54 Å². The van der Waals surface area contributed by atoms with Crippen molar-refractivity contribution in [1.29, 1.82) is 0 Å². The van der Waals surface area contributed by atoms with Gasteiger partial charge in [-0.2, -0.15) is 0 Å². The smallest absolute Gasteiger partial charge is 0.309 e. The third-order valence-electron chi connectivity index (χ3n) is 17.6. The van der Waals surface area contributed by atoms with Gasteiger partial charge in [-0.25, -0.2) is 0 Å². The number of aliphatic carboxylic acids is 1. The maximum absolute atomic E-state index is 14.4. The van der Waals surface area contributed by atoms with Crippen molar-refractivity contribution in [1.82, 2.24) is 4.90 Å². The van der Waals surface area contributed by atoms with E-state index in [1.807, 2.05) is 48.5 Å². The Balaban J connectivity index is 1.17. The maximum Gasteiger partial charge on any atom is 0.309 e. The highest BCUT2D eigenvalue weighted by molar-refractivity contribution is 6.30. The molecule has 328 valence electrons. The zero-order valence-electron chi connectivity index (χ0n) is 37.5. The van der Waals surface area contributed by atoms with Crippen LogP contribution in [0, 0.1) is 56.2 Å². The average Bonchev–Trinajstić information content (AvgIpc) is 3.48. The quantitative estimate of drug-likeness (QED) is 0.205. The predicted molar refractivity (Wildman–Crippen MR) is 238 cm³/mol. The molecule has 9 atom stereocenters. The second-order valence-electron chi connectivity index (χ2n) is 22.0. The van der Waals surface area contributed by atoms with E-state index in [0.29, 0.717) is 47.9 Å². The highest BCUT2D eigenvalue weighted by Crippen LogP contribution is 2.77. The van der Waals surface area contributed by atoms with Gasteiger partial charge in [-0.15, -0.1) is 0 Å². The number of hydrogen-bond acceptors (Lipinski definition) is 6. The monoisotopic (exact) mass is 861 g/mol. The molecule has 0 radical (unpaired) electrons. The Morgan fingerprint density at radius 1 is 0.817 bits per heavy atom. The molecule has 4 fully saturated rings. The van der Waals surface area contributed by atoms with Crippen molar-refractivity contribution < 1.29 is 29.3 Å². The van der Waals surface area contributed by atoms with Crippen LogP contribution in [-0.2, 0) is 32.2 Å². The minimum absolute atomic E-state index is 0.0132. The first-order valence-electron chi connectivity index (χ1n) is 22.6. The van der Waals surface area contributed by atoms with Gasteiger partial charge in [0.2, 0.25) is 0 Å². The summed E-state index contributed by atoms with van der Waals surface area (Å²) in [5.74, 6) is -0.129. The van der Waals surface area contributed by atoms with Crippen molar-refractivity contribution in [3.05, 3.63) is 80.8 Å². The number of benzene rings is 2. The maximum atomic E-state index is 14.4. The normalized spacial score (nSPS) is 34.1. The number of aliphatic hydroxyl groups is 1. The van der Waals surface area contributed by atoms with Gasteiger partial charge < -0.3 is 14.9 Å². The number of ketones is 1. The molecule has 60 heavy (non-hydrogen) atoms. The lowest BCUT2D eigenvalue weighted by Gasteiger charge is -2.72. The molecule has 2 unspecified atom stereocenters. The number of carbonyl (C=O) groups excluding carboxylic acids is 2. The van der Waals surface area contributed by atoms with E-state index in [2.05, 4.69) is 53.4 Å². The number of carboxylic acid groups (broad SMARTS) is 1. The highest BCUT2D eigenvalue weighted by atomic mass is 35.5. The fraction of sp³-hybridized carbons (Fsp3) is 0.667. The minimum atomic E-state index is -1.18. The number of fused-ring (bicyclic) bond motifs is 7. The third kappa shape index (κ3) is 7.61. The minimum Gasteiger partial charge on any atom is -0.481 e.